The summed E-state index contributed by atoms with van der Waals surface area (Å²) in [6, 6.07) is 0. The van der Waals surface area contributed by atoms with E-state index in [2.05, 4.69) is 27.7 Å². The highest BCUT2D eigenvalue weighted by Gasteiger charge is 2.05. The second kappa shape index (κ2) is 10.5. The first kappa shape index (κ1) is 15.0. The first-order chi connectivity index (χ1) is 7.20. The minimum absolute atomic E-state index is 0.963. The van der Waals surface area contributed by atoms with Crippen LogP contribution in [0.4, 0.5) is 0 Å². The van der Waals surface area contributed by atoms with Crippen molar-refractivity contribution in [3.63, 3.8) is 0 Å². The average Bonchev–Trinajstić information content (AvgIpc) is 2.20. The van der Waals surface area contributed by atoms with Gasteiger partial charge in [-0.15, -0.1) is 0 Å². The van der Waals surface area contributed by atoms with E-state index in [1.54, 1.807) is 0 Å². The van der Waals surface area contributed by atoms with Gasteiger partial charge in [-0.05, 0) is 11.8 Å². The van der Waals surface area contributed by atoms with Crippen molar-refractivity contribution in [2.45, 2.75) is 85.5 Å². The Morgan fingerprint density at radius 2 is 1.40 bits per heavy atom. The van der Waals surface area contributed by atoms with Crippen molar-refractivity contribution < 1.29 is 0 Å². The molecule has 0 bridgehead atoms. The molecule has 0 spiro atoms. The molecule has 0 nitrogen and oxygen atoms in total. The molecular formula is C15H32. The van der Waals surface area contributed by atoms with Crippen LogP contribution >= 0.6 is 0 Å². The largest absolute Gasteiger partial charge is 0.0654 e. The summed E-state index contributed by atoms with van der Waals surface area (Å²) in [5.41, 5.74) is 0. The standard InChI is InChI=1S/C8H18.C7H14/c1-4-6-8(3)7-5-2;1-7-5-3-2-4-6-7/h8H,4-7H2,1-3H3;7H,2-6H2,1H3. The van der Waals surface area contributed by atoms with Crippen LogP contribution in [0.2, 0.25) is 0 Å². The maximum absolute atomic E-state index is 2.36. The van der Waals surface area contributed by atoms with Crippen LogP contribution in [0.25, 0.3) is 0 Å². The molecule has 0 amide bonds. The number of hydrogen-bond donors (Lipinski definition) is 0. The third-order valence-electron chi connectivity index (χ3n) is 3.46. The van der Waals surface area contributed by atoms with Crippen molar-refractivity contribution in [1.82, 2.24) is 0 Å². The van der Waals surface area contributed by atoms with Crippen LogP contribution in [0.5, 0.6) is 0 Å². The molecule has 1 aliphatic carbocycles. The van der Waals surface area contributed by atoms with Gasteiger partial charge >= 0.3 is 0 Å². The van der Waals surface area contributed by atoms with Gasteiger partial charge in [0.05, 0.1) is 0 Å². The van der Waals surface area contributed by atoms with Crippen LogP contribution < -0.4 is 0 Å². The van der Waals surface area contributed by atoms with Gasteiger partial charge in [0.2, 0.25) is 0 Å². The summed E-state index contributed by atoms with van der Waals surface area (Å²) in [5.74, 6) is 2.00. The molecule has 0 unspecified atom stereocenters. The predicted molar refractivity (Wildman–Crippen MR) is 71.2 cm³/mol. The minimum atomic E-state index is 0.963. The van der Waals surface area contributed by atoms with Crippen molar-refractivity contribution in [2.24, 2.45) is 11.8 Å². The van der Waals surface area contributed by atoms with Crippen LogP contribution in [0, 0.1) is 11.8 Å². The van der Waals surface area contributed by atoms with E-state index in [1.165, 1.54) is 57.8 Å². The monoisotopic (exact) mass is 212 g/mol. The summed E-state index contributed by atoms with van der Waals surface area (Å²) in [6.45, 7) is 9.21. The lowest BCUT2D eigenvalue weighted by atomic mass is 9.91. The molecule has 0 atom stereocenters. The molecule has 0 saturated heterocycles. The maximum atomic E-state index is 2.36. The normalized spacial score (nSPS) is 17.4. The highest BCUT2D eigenvalue weighted by molar-refractivity contribution is 4.59. The highest BCUT2D eigenvalue weighted by Crippen LogP contribution is 2.22. The van der Waals surface area contributed by atoms with Crippen molar-refractivity contribution in [2.75, 3.05) is 0 Å². The summed E-state index contributed by atoms with van der Waals surface area (Å²) in [4.78, 5) is 0. The molecule has 0 aliphatic heterocycles. The van der Waals surface area contributed by atoms with Gasteiger partial charge in [-0.2, -0.15) is 0 Å². The van der Waals surface area contributed by atoms with Crippen LogP contribution in [0.3, 0.4) is 0 Å². The van der Waals surface area contributed by atoms with E-state index in [4.69, 9.17) is 0 Å². The summed E-state index contributed by atoms with van der Waals surface area (Å²) >= 11 is 0. The fourth-order valence-corrected chi connectivity index (χ4v) is 2.44. The Labute approximate surface area is 97.8 Å². The van der Waals surface area contributed by atoms with E-state index in [0.717, 1.165) is 11.8 Å². The zero-order valence-electron chi connectivity index (χ0n) is 11.5. The van der Waals surface area contributed by atoms with Crippen molar-refractivity contribution in [3.8, 4) is 0 Å². The van der Waals surface area contributed by atoms with E-state index in [0.29, 0.717) is 0 Å². The molecule has 0 N–H and O–H groups in total. The lowest BCUT2D eigenvalue weighted by Crippen LogP contribution is -1.99. The Morgan fingerprint density at radius 3 is 1.67 bits per heavy atom. The highest BCUT2D eigenvalue weighted by atomic mass is 14.1. The lowest BCUT2D eigenvalue weighted by Gasteiger charge is -2.15. The number of rotatable bonds is 4. The first-order valence-corrected chi connectivity index (χ1v) is 7.20. The van der Waals surface area contributed by atoms with Gasteiger partial charge in [0, 0.05) is 0 Å². The van der Waals surface area contributed by atoms with Gasteiger partial charge in [-0.3, -0.25) is 0 Å². The van der Waals surface area contributed by atoms with Crippen molar-refractivity contribution in [3.05, 3.63) is 0 Å². The van der Waals surface area contributed by atoms with E-state index < -0.39 is 0 Å². The molecule has 1 aliphatic rings. The fourth-order valence-electron chi connectivity index (χ4n) is 2.44. The van der Waals surface area contributed by atoms with Gasteiger partial charge < -0.3 is 0 Å². The second-order valence-corrected chi connectivity index (χ2v) is 5.43. The second-order valence-electron chi connectivity index (χ2n) is 5.43. The Balaban J connectivity index is 0.000000262. The molecule has 0 aromatic rings. The number of hydrogen-bond acceptors (Lipinski definition) is 0. The first-order valence-electron chi connectivity index (χ1n) is 7.20. The molecule has 0 aromatic heterocycles. The Morgan fingerprint density at radius 1 is 0.933 bits per heavy atom. The Bertz CT molecular complexity index is 105. The summed E-state index contributed by atoms with van der Waals surface area (Å²) in [7, 11) is 0. The van der Waals surface area contributed by atoms with E-state index in [9.17, 15) is 0 Å². The lowest BCUT2D eigenvalue weighted by molar-refractivity contribution is 0.385. The van der Waals surface area contributed by atoms with Crippen LogP contribution in [-0.2, 0) is 0 Å². The van der Waals surface area contributed by atoms with E-state index in [1.807, 2.05) is 0 Å². The molecular weight excluding hydrogens is 180 g/mol. The SMILES string of the molecule is CC1CCCCC1.CCCC(C)CCC. The summed E-state index contributed by atoms with van der Waals surface area (Å²) < 4.78 is 0. The minimum Gasteiger partial charge on any atom is -0.0654 e. The average molecular weight is 212 g/mol. The maximum Gasteiger partial charge on any atom is -0.0443 e. The summed E-state index contributed by atoms with van der Waals surface area (Å²) in [5, 5.41) is 0. The van der Waals surface area contributed by atoms with Crippen LogP contribution in [0.15, 0.2) is 0 Å². The third kappa shape index (κ3) is 10.3. The summed E-state index contributed by atoms with van der Waals surface area (Å²) in [6.07, 6.45) is 13.0. The Kier molecular flexibility index (Phi) is 10.5. The third-order valence-corrected chi connectivity index (χ3v) is 3.46. The van der Waals surface area contributed by atoms with Crippen molar-refractivity contribution >= 4 is 0 Å². The molecule has 0 heteroatoms. The molecule has 0 radical (unpaired) electrons. The van der Waals surface area contributed by atoms with Crippen molar-refractivity contribution in [1.29, 1.82) is 0 Å². The molecule has 1 fully saturated rings. The fraction of sp³-hybridized carbons (Fsp3) is 1.00. The van der Waals surface area contributed by atoms with Gasteiger partial charge in [0.15, 0.2) is 0 Å². The topological polar surface area (TPSA) is 0 Å². The van der Waals surface area contributed by atoms with Gasteiger partial charge in [-0.1, -0.05) is 85.5 Å². The molecule has 0 heterocycles. The molecule has 0 aromatic carbocycles. The Hall–Kier alpha value is 0. The zero-order chi connectivity index (χ0) is 11.5. The van der Waals surface area contributed by atoms with Gasteiger partial charge in [0.1, 0.15) is 0 Å². The van der Waals surface area contributed by atoms with Gasteiger partial charge in [0.25, 0.3) is 0 Å². The smallest absolute Gasteiger partial charge is 0.0443 e. The van der Waals surface area contributed by atoms with E-state index >= 15 is 0 Å². The van der Waals surface area contributed by atoms with Crippen LogP contribution in [0.1, 0.15) is 85.5 Å². The predicted octanol–water partition coefficient (Wildman–Crippen LogP) is 5.81. The zero-order valence-corrected chi connectivity index (χ0v) is 11.5. The molecule has 1 rings (SSSR count). The van der Waals surface area contributed by atoms with Crippen LogP contribution in [-0.4, -0.2) is 0 Å². The quantitative estimate of drug-likeness (QED) is 0.551. The van der Waals surface area contributed by atoms with Gasteiger partial charge in [-0.25, -0.2) is 0 Å². The molecule has 92 valence electrons. The molecule has 1 saturated carbocycles. The van der Waals surface area contributed by atoms with E-state index in [-0.39, 0.29) is 0 Å². The molecule has 15 heavy (non-hydrogen) atoms.